The Morgan fingerprint density at radius 3 is 2.69 bits per heavy atom. The lowest BCUT2D eigenvalue weighted by molar-refractivity contribution is 0.408. The molecule has 0 radical (unpaired) electrons. The molecule has 1 rings (SSSR count). The van der Waals surface area contributed by atoms with E-state index in [9.17, 15) is 0 Å². The normalized spacial score (nSPS) is 10.6. The summed E-state index contributed by atoms with van der Waals surface area (Å²) >= 11 is 6.22. The van der Waals surface area contributed by atoms with Gasteiger partial charge in [0.05, 0.1) is 7.11 Å². The first kappa shape index (κ1) is 13.3. The van der Waals surface area contributed by atoms with Crippen molar-refractivity contribution in [2.75, 3.05) is 20.3 Å². The lowest BCUT2D eigenvalue weighted by atomic mass is 10.0. The number of rotatable bonds is 5. The van der Waals surface area contributed by atoms with E-state index in [0.717, 1.165) is 40.4 Å². The standard InChI is InChI=1S/C12H19ClN2O/c1-8-6-11(16-3)10(4-5-15-7-14)9(2)12(8)13/h6,15H,4-5,7,14H2,1-3H3. The Morgan fingerprint density at radius 2 is 2.12 bits per heavy atom. The van der Waals surface area contributed by atoms with Crippen LogP contribution >= 0.6 is 11.6 Å². The van der Waals surface area contributed by atoms with E-state index in [0.29, 0.717) is 6.67 Å². The molecule has 0 heterocycles. The van der Waals surface area contributed by atoms with Crippen molar-refractivity contribution in [2.45, 2.75) is 20.3 Å². The molecule has 3 N–H and O–H groups in total. The van der Waals surface area contributed by atoms with Crippen molar-refractivity contribution in [3.8, 4) is 5.75 Å². The van der Waals surface area contributed by atoms with Crippen molar-refractivity contribution in [1.82, 2.24) is 5.32 Å². The van der Waals surface area contributed by atoms with E-state index >= 15 is 0 Å². The summed E-state index contributed by atoms with van der Waals surface area (Å²) in [6.45, 7) is 5.32. The van der Waals surface area contributed by atoms with E-state index in [-0.39, 0.29) is 0 Å². The molecule has 0 amide bonds. The predicted octanol–water partition coefficient (Wildman–Crippen LogP) is 2.01. The third-order valence-electron chi connectivity index (χ3n) is 2.69. The molecule has 16 heavy (non-hydrogen) atoms. The van der Waals surface area contributed by atoms with E-state index in [1.165, 1.54) is 0 Å². The zero-order valence-corrected chi connectivity index (χ0v) is 10.8. The monoisotopic (exact) mass is 242 g/mol. The summed E-state index contributed by atoms with van der Waals surface area (Å²) in [5.74, 6) is 0.901. The molecule has 90 valence electrons. The van der Waals surface area contributed by atoms with Gasteiger partial charge in [-0.05, 0) is 43.0 Å². The van der Waals surface area contributed by atoms with E-state index in [1.54, 1.807) is 7.11 Å². The third kappa shape index (κ3) is 2.88. The van der Waals surface area contributed by atoms with Crippen LogP contribution in [-0.4, -0.2) is 20.3 Å². The minimum absolute atomic E-state index is 0.487. The second kappa shape index (κ2) is 6.09. The number of ether oxygens (including phenoxy) is 1. The molecule has 1 aromatic carbocycles. The van der Waals surface area contributed by atoms with E-state index in [1.807, 2.05) is 19.9 Å². The molecule has 0 aliphatic rings. The number of nitrogens with one attached hydrogen (secondary N) is 1. The van der Waals surface area contributed by atoms with Gasteiger partial charge in [-0.1, -0.05) is 11.6 Å². The highest BCUT2D eigenvalue weighted by Gasteiger charge is 2.11. The van der Waals surface area contributed by atoms with Crippen LogP contribution in [0.3, 0.4) is 0 Å². The van der Waals surface area contributed by atoms with E-state index in [4.69, 9.17) is 22.1 Å². The van der Waals surface area contributed by atoms with Crippen LogP contribution in [0, 0.1) is 13.8 Å². The number of benzene rings is 1. The van der Waals surface area contributed by atoms with Crippen LogP contribution in [0.1, 0.15) is 16.7 Å². The fraction of sp³-hybridized carbons (Fsp3) is 0.500. The molecule has 0 bridgehead atoms. The number of methoxy groups -OCH3 is 1. The average molecular weight is 243 g/mol. The Morgan fingerprint density at radius 1 is 1.44 bits per heavy atom. The van der Waals surface area contributed by atoms with Gasteiger partial charge in [0.1, 0.15) is 5.75 Å². The van der Waals surface area contributed by atoms with Gasteiger partial charge >= 0.3 is 0 Å². The van der Waals surface area contributed by atoms with Crippen molar-refractivity contribution in [1.29, 1.82) is 0 Å². The summed E-state index contributed by atoms with van der Waals surface area (Å²) in [4.78, 5) is 0. The van der Waals surface area contributed by atoms with Gasteiger partial charge in [-0.15, -0.1) is 0 Å². The summed E-state index contributed by atoms with van der Waals surface area (Å²) in [5.41, 5.74) is 8.68. The molecule has 0 fully saturated rings. The van der Waals surface area contributed by atoms with Crippen LogP contribution in [0.5, 0.6) is 5.75 Å². The van der Waals surface area contributed by atoms with Gasteiger partial charge in [-0.25, -0.2) is 0 Å². The predicted molar refractivity (Wildman–Crippen MR) is 68.2 cm³/mol. The minimum Gasteiger partial charge on any atom is -0.496 e. The molecule has 3 nitrogen and oxygen atoms in total. The number of nitrogens with two attached hydrogens (primary N) is 1. The highest BCUT2D eigenvalue weighted by atomic mass is 35.5. The molecule has 0 atom stereocenters. The molecule has 0 aliphatic heterocycles. The van der Waals surface area contributed by atoms with Crippen molar-refractivity contribution in [3.05, 3.63) is 27.8 Å². The van der Waals surface area contributed by atoms with Crippen molar-refractivity contribution in [2.24, 2.45) is 5.73 Å². The fourth-order valence-corrected chi connectivity index (χ4v) is 1.94. The SMILES string of the molecule is COc1cc(C)c(Cl)c(C)c1CCNCN. The minimum atomic E-state index is 0.487. The van der Waals surface area contributed by atoms with Crippen LogP contribution in [0.25, 0.3) is 0 Å². The summed E-state index contributed by atoms with van der Waals surface area (Å²) in [5, 5.41) is 3.91. The Bertz CT molecular complexity index is 367. The first-order valence-corrected chi connectivity index (χ1v) is 5.73. The Hall–Kier alpha value is -0.770. The van der Waals surface area contributed by atoms with Crippen LogP contribution in [0.15, 0.2) is 6.07 Å². The van der Waals surface area contributed by atoms with Gasteiger partial charge in [0, 0.05) is 18.2 Å². The molecule has 0 aromatic heterocycles. The van der Waals surface area contributed by atoms with E-state index < -0.39 is 0 Å². The zero-order chi connectivity index (χ0) is 12.1. The lowest BCUT2D eigenvalue weighted by Gasteiger charge is -2.15. The smallest absolute Gasteiger partial charge is 0.122 e. The van der Waals surface area contributed by atoms with E-state index in [2.05, 4.69) is 5.32 Å². The fourth-order valence-electron chi connectivity index (χ4n) is 1.77. The van der Waals surface area contributed by atoms with Crippen molar-refractivity contribution in [3.63, 3.8) is 0 Å². The maximum absolute atomic E-state index is 6.22. The number of hydrogen-bond donors (Lipinski definition) is 2. The average Bonchev–Trinajstić information content (AvgIpc) is 2.29. The Labute approximate surface area is 102 Å². The maximum Gasteiger partial charge on any atom is 0.122 e. The molecular formula is C12H19ClN2O. The molecule has 0 aliphatic carbocycles. The molecule has 0 spiro atoms. The largest absolute Gasteiger partial charge is 0.496 e. The first-order valence-electron chi connectivity index (χ1n) is 5.35. The number of halogens is 1. The second-order valence-corrected chi connectivity index (χ2v) is 4.15. The summed E-state index contributed by atoms with van der Waals surface area (Å²) in [6.07, 6.45) is 0.867. The maximum atomic E-state index is 6.22. The van der Waals surface area contributed by atoms with Gasteiger partial charge in [0.15, 0.2) is 0 Å². The molecule has 1 aromatic rings. The highest BCUT2D eigenvalue weighted by Crippen LogP contribution is 2.31. The molecule has 0 saturated carbocycles. The number of hydrogen-bond acceptors (Lipinski definition) is 3. The zero-order valence-electron chi connectivity index (χ0n) is 10.1. The number of aryl methyl sites for hydroxylation is 1. The summed E-state index contributed by atoms with van der Waals surface area (Å²) < 4.78 is 5.38. The Kier molecular flexibility index (Phi) is 5.06. The van der Waals surface area contributed by atoms with Crippen LogP contribution in [0.2, 0.25) is 5.02 Å². The summed E-state index contributed by atoms with van der Waals surface area (Å²) in [6, 6.07) is 1.98. The first-order chi connectivity index (χ1) is 7.61. The van der Waals surface area contributed by atoms with Crippen LogP contribution in [-0.2, 0) is 6.42 Å². The van der Waals surface area contributed by atoms with Crippen molar-refractivity contribution < 1.29 is 4.74 Å². The molecule has 4 heteroatoms. The highest BCUT2D eigenvalue weighted by molar-refractivity contribution is 6.32. The molecule has 0 unspecified atom stereocenters. The van der Waals surface area contributed by atoms with Gasteiger partial charge in [-0.3, -0.25) is 0 Å². The molecule has 0 saturated heterocycles. The van der Waals surface area contributed by atoms with Gasteiger partial charge < -0.3 is 15.8 Å². The third-order valence-corrected chi connectivity index (χ3v) is 3.27. The van der Waals surface area contributed by atoms with Gasteiger partial charge in [-0.2, -0.15) is 0 Å². The quantitative estimate of drug-likeness (QED) is 0.614. The van der Waals surface area contributed by atoms with Crippen molar-refractivity contribution >= 4 is 11.6 Å². The summed E-state index contributed by atoms with van der Waals surface area (Å²) in [7, 11) is 1.68. The van der Waals surface area contributed by atoms with Gasteiger partial charge in [0.25, 0.3) is 0 Å². The lowest BCUT2D eigenvalue weighted by Crippen LogP contribution is -2.24. The Balaban J connectivity index is 3.00. The topological polar surface area (TPSA) is 47.3 Å². The second-order valence-electron chi connectivity index (χ2n) is 3.77. The molecular weight excluding hydrogens is 224 g/mol. The van der Waals surface area contributed by atoms with Gasteiger partial charge in [0.2, 0.25) is 0 Å². The van der Waals surface area contributed by atoms with Crippen LogP contribution < -0.4 is 15.8 Å². The van der Waals surface area contributed by atoms with Crippen LogP contribution in [0.4, 0.5) is 0 Å².